The lowest BCUT2D eigenvalue weighted by atomic mass is 9.82. The number of hydrogen-bond acceptors (Lipinski definition) is 6. The Balaban J connectivity index is 2.18. The zero-order valence-electron chi connectivity index (χ0n) is 14.7. The highest BCUT2D eigenvalue weighted by Crippen LogP contribution is 2.42. The Morgan fingerprint density at radius 2 is 1.96 bits per heavy atom. The first-order valence-electron chi connectivity index (χ1n) is 8.27. The Morgan fingerprint density at radius 3 is 2.57 bits per heavy atom. The van der Waals surface area contributed by atoms with E-state index in [4.69, 9.17) is 14.2 Å². The first-order valence-corrected chi connectivity index (χ1v) is 8.27. The maximum atomic E-state index is 12.5. The summed E-state index contributed by atoms with van der Waals surface area (Å²) in [7, 11) is 1.32. The molecule has 140 valence electrons. The molecule has 0 saturated carbocycles. The summed E-state index contributed by atoms with van der Waals surface area (Å²) < 4.78 is 16.7. The monoisotopic (exact) mass is 378 g/mol. The normalized spacial score (nSPS) is 14.4. The second-order valence-electron chi connectivity index (χ2n) is 6.13. The molecule has 2 aromatic carbocycles. The number of nitriles is 1. The number of fused-ring (bicyclic) bond motifs is 2. The van der Waals surface area contributed by atoms with Crippen molar-refractivity contribution < 1.29 is 28.8 Å². The number of hydrogen-bond donors (Lipinski definition) is 1. The molecule has 8 heteroatoms. The van der Waals surface area contributed by atoms with Crippen LogP contribution in [0.4, 0.5) is 0 Å². The molecule has 0 fully saturated rings. The molecule has 0 radical (unpaired) electrons. The summed E-state index contributed by atoms with van der Waals surface area (Å²) in [5.74, 6) is -0.634. The fourth-order valence-electron chi connectivity index (χ4n) is 3.45. The standard InChI is InChI=1S/C20H14N2O6/c1-26-20(10-21,12-5-3-2-4-6-12)18-13-7-16-17(28-11-27-16)8-15(13)22(25)9-14(18)19(23)24/h2-9H,11H2,1H3,(H,23,24). The van der Waals surface area contributed by atoms with Gasteiger partial charge in [-0.3, -0.25) is 0 Å². The minimum absolute atomic E-state index is 0.0159. The highest BCUT2D eigenvalue weighted by atomic mass is 16.7. The number of carboxylic acids is 1. The second-order valence-corrected chi connectivity index (χ2v) is 6.13. The van der Waals surface area contributed by atoms with Crippen LogP contribution in [0, 0.1) is 16.5 Å². The van der Waals surface area contributed by atoms with Crippen LogP contribution in [0.3, 0.4) is 0 Å². The first-order chi connectivity index (χ1) is 13.5. The largest absolute Gasteiger partial charge is 0.618 e. The van der Waals surface area contributed by atoms with Crippen LogP contribution in [-0.4, -0.2) is 25.0 Å². The number of aromatic nitrogens is 1. The molecule has 4 rings (SSSR count). The summed E-state index contributed by atoms with van der Waals surface area (Å²) in [6.45, 7) is -0.0159. The van der Waals surface area contributed by atoms with Gasteiger partial charge in [-0.15, -0.1) is 0 Å². The van der Waals surface area contributed by atoms with Crippen LogP contribution in [0.15, 0.2) is 48.7 Å². The van der Waals surface area contributed by atoms with Gasteiger partial charge < -0.3 is 24.5 Å². The number of rotatable bonds is 4. The third-order valence-electron chi connectivity index (χ3n) is 4.74. The van der Waals surface area contributed by atoms with E-state index in [9.17, 15) is 20.4 Å². The lowest BCUT2D eigenvalue weighted by Crippen LogP contribution is -2.36. The van der Waals surface area contributed by atoms with Gasteiger partial charge in [-0.1, -0.05) is 30.3 Å². The Labute approximate surface area is 159 Å². The summed E-state index contributed by atoms with van der Waals surface area (Å²) in [5.41, 5.74) is -1.47. The Kier molecular flexibility index (Phi) is 4.02. The van der Waals surface area contributed by atoms with Gasteiger partial charge in [0.15, 0.2) is 17.7 Å². The summed E-state index contributed by atoms with van der Waals surface area (Å²) in [6, 6.07) is 13.6. The highest BCUT2D eigenvalue weighted by molar-refractivity contribution is 5.97. The van der Waals surface area contributed by atoms with Gasteiger partial charge in [-0.05, 0) is 6.07 Å². The predicted molar refractivity (Wildman–Crippen MR) is 95.8 cm³/mol. The molecule has 1 unspecified atom stereocenters. The van der Waals surface area contributed by atoms with Crippen molar-refractivity contribution in [3.05, 3.63) is 70.6 Å². The summed E-state index contributed by atoms with van der Waals surface area (Å²) >= 11 is 0. The van der Waals surface area contributed by atoms with Crippen LogP contribution >= 0.6 is 0 Å². The molecule has 1 atom stereocenters. The van der Waals surface area contributed by atoms with Gasteiger partial charge in [-0.2, -0.15) is 9.99 Å². The van der Waals surface area contributed by atoms with Crippen LogP contribution in [0.5, 0.6) is 11.5 Å². The van der Waals surface area contributed by atoms with E-state index < -0.39 is 11.6 Å². The van der Waals surface area contributed by atoms with Crippen LogP contribution in [0.25, 0.3) is 10.9 Å². The Bertz CT molecular complexity index is 1140. The van der Waals surface area contributed by atoms with Crippen molar-refractivity contribution in [1.29, 1.82) is 5.26 Å². The van der Waals surface area contributed by atoms with Crippen LogP contribution in [0.2, 0.25) is 0 Å². The van der Waals surface area contributed by atoms with E-state index in [0.29, 0.717) is 21.8 Å². The van der Waals surface area contributed by atoms with Crippen LogP contribution in [-0.2, 0) is 10.3 Å². The third kappa shape index (κ3) is 2.41. The number of benzene rings is 2. The number of aromatic carboxylic acids is 1. The van der Waals surface area contributed by atoms with E-state index in [1.165, 1.54) is 19.2 Å². The fourth-order valence-corrected chi connectivity index (χ4v) is 3.45. The number of carbonyl (C=O) groups is 1. The Morgan fingerprint density at radius 1 is 1.29 bits per heavy atom. The quantitative estimate of drug-likeness (QED) is 0.547. The van der Waals surface area contributed by atoms with E-state index in [2.05, 4.69) is 6.07 Å². The van der Waals surface area contributed by atoms with Crippen LogP contribution < -0.4 is 14.2 Å². The minimum atomic E-state index is -1.75. The maximum Gasteiger partial charge on any atom is 0.342 e. The number of ether oxygens (including phenoxy) is 3. The van der Waals surface area contributed by atoms with Crippen molar-refractivity contribution in [2.75, 3.05) is 13.9 Å². The van der Waals surface area contributed by atoms with Crippen molar-refractivity contribution in [3.8, 4) is 17.6 Å². The predicted octanol–water partition coefficient (Wildman–Crippen LogP) is 2.31. The van der Waals surface area contributed by atoms with Crippen molar-refractivity contribution in [1.82, 2.24) is 0 Å². The van der Waals surface area contributed by atoms with E-state index in [1.54, 1.807) is 30.3 Å². The average molecular weight is 378 g/mol. The molecule has 0 bridgehead atoms. The van der Waals surface area contributed by atoms with E-state index in [0.717, 1.165) is 6.20 Å². The summed E-state index contributed by atoms with van der Waals surface area (Å²) in [4.78, 5) is 12.0. The van der Waals surface area contributed by atoms with Gasteiger partial charge in [0.25, 0.3) is 0 Å². The number of carboxylic acid groups (broad SMARTS) is 1. The molecule has 3 aromatic rings. The molecule has 2 heterocycles. The van der Waals surface area contributed by atoms with Gasteiger partial charge >= 0.3 is 5.97 Å². The van der Waals surface area contributed by atoms with Gasteiger partial charge in [0.2, 0.25) is 17.9 Å². The topological polar surface area (TPSA) is 116 Å². The van der Waals surface area contributed by atoms with E-state index in [1.807, 2.05) is 0 Å². The van der Waals surface area contributed by atoms with E-state index >= 15 is 0 Å². The molecule has 1 aromatic heterocycles. The third-order valence-corrected chi connectivity index (χ3v) is 4.74. The number of methoxy groups -OCH3 is 1. The molecular weight excluding hydrogens is 364 g/mol. The lowest BCUT2D eigenvalue weighted by Gasteiger charge is -2.28. The SMILES string of the molecule is COC(C#N)(c1ccccc1)c1c(C(=O)O)c[n+]([O-])c2cc3c(cc12)OCO3. The molecule has 1 aliphatic rings. The molecule has 1 aliphatic heterocycles. The molecule has 8 nitrogen and oxygen atoms in total. The zero-order valence-corrected chi connectivity index (χ0v) is 14.7. The molecule has 0 aliphatic carbocycles. The molecule has 0 saturated heterocycles. The van der Waals surface area contributed by atoms with Crippen molar-refractivity contribution >= 4 is 16.9 Å². The average Bonchev–Trinajstić information content (AvgIpc) is 3.17. The molecule has 0 spiro atoms. The summed E-state index contributed by atoms with van der Waals surface area (Å²) in [6.07, 6.45) is 0.927. The first kappa shape index (κ1) is 17.6. The molecular formula is C20H14N2O6. The molecule has 1 N–H and O–H groups in total. The van der Waals surface area contributed by atoms with Crippen molar-refractivity contribution in [2.45, 2.75) is 5.60 Å². The van der Waals surface area contributed by atoms with Gasteiger partial charge in [-0.25, -0.2) is 4.79 Å². The highest BCUT2D eigenvalue weighted by Gasteiger charge is 2.42. The number of nitrogens with zero attached hydrogens (tertiary/aromatic N) is 2. The zero-order chi connectivity index (χ0) is 19.9. The maximum absolute atomic E-state index is 12.5. The lowest BCUT2D eigenvalue weighted by molar-refractivity contribution is -0.577. The molecule has 0 amide bonds. The van der Waals surface area contributed by atoms with Crippen molar-refractivity contribution in [3.63, 3.8) is 0 Å². The van der Waals surface area contributed by atoms with Crippen LogP contribution in [0.1, 0.15) is 21.5 Å². The second kappa shape index (κ2) is 6.40. The number of pyridine rings is 1. The smallest absolute Gasteiger partial charge is 0.342 e. The van der Waals surface area contributed by atoms with Gasteiger partial charge in [0.05, 0.1) is 11.5 Å². The fraction of sp³-hybridized carbons (Fsp3) is 0.150. The van der Waals surface area contributed by atoms with Gasteiger partial charge in [0.1, 0.15) is 11.6 Å². The van der Waals surface area contributed by atoms with Gasteiger partial charge in [0, 0.05) is 18.2 Å². The van der Waals surface area contributed by atoms with Crippen molar-refractivity contribution in [2.24, 2.45) is 0 Å². The summed E-state index contributed by atoms with van der Waals surface area (Å²) in [5, 5.41) is 32.6. The molecule has 28 heavy (non-hydrogen) atoms. The minimum Gasteiger partial charge on any atom is -0.618 e. The Hall–Kier alpha value is -3.83. The van der Waals surface area contributed by atoms with E-state index in [-0.39, 0.29) is 28.8 Å².